The summed E-state index contributed by atoms with van der Waals surface area (Å²) in [6, 6.07) is 3.42. The van der Waals surface area contributed by atoms with Crippen molar-refractivity contribution in [2.24, 2.45) is 11.8 Å². The molecule has 9 heteroatoms. The van der Waals surface area contributed by atoms with E-state index in [1.54, 1.807) is 30.7 Å². The van der Waals surface area contributed by atoms with E-state index in [9.17, 15) is 9.59 Å². The van der Waals surface area contributed by atoms with Crippen LogP contribution in [0.15, 0.2) is 37.1 Å². The van der Waals surface area contributed by atoms with Crippen molar-refractivity contribution in [1.82, 2.24) is 30.2 Å². The van der Waals surface area contributed by atoms with E-state index < -0.39 is 0 Å². The van der Waals surface area contributed by atoms with Crippen LogP contribution < -0.4 is 10.2 Å². The van der Waals surface area contributed by atoms with Gasteiger partial charge in [0.2, 0.25) is 11.9 Å². The molecule has 2 aromatic rings. The highest BCUT2D eigenvalue weighted by atomic mass is 16.2. The van der Waals surface area contributed by atoms with Gasteiger partial charge in [-0.1, -0.05) is 0 Å². The van der Waals surface area contributed by atoms with E-state index in [-0.39, 0.29) is 29.2 Å². The summed E-state index contributed by atoms with van der Waals surface area (Å²) in [4.78, 5) is 45.8. The Balaban J connectivity index is 1.30. The molecule has 0 aromatic carbocycles. The maximum absolute atomic E-state index is 12.7. The number of rotatable bonds is 2. The van der Waals surface area contributed by atoms with Gasteiger partial charge in [0, 0.05) is 56.2 Å². The molecule has 0 bridgehead atoms. The number of fused-ring (bicyclic) bond motifs is 2. The molecule has 5 heterocycles. The molecule has 28 heavy (non-hydrogen) atoms. The van der Waals surface area contributed by atoms with E-state index >= 15 is 0 Å². The molecule has 3 aliphatic rings. The second-order valence-corrected chi connectivity index (χ2v) is 7.70. The van der Waals surface area contributed by atoms with Crippen LogP contribution >= 0.6 is 0 Å². The van der Waals surface area contributed by atoms with E-state index in [1.807, 2.05) is 4.90 Å². The predicted octanol–water partition coefficient (Wildman–Crippen LogP) is 0.124. The Kier molecular flexibility index (Phi) is 3.96. The summed E-state index contributed by atoms with van der Waals surface area (Å²) in [5, 5.41) is 3.27. The van der Waals surface area contributed by atoms with E-state index in [0.29, 0.717) is 31.3 Å². The normalized spacial score (nSPS) is 25.6. The van der Waals surface area contributed by atoms with Crippen LogP contribution in [0.1, 0.15) is 23.3 Å². The fourth-order valence-corrected chi connectivity index (χ4v) is 4.86. The Morgan fingerprint density at radius 2 is 1.89 bits per heavy atom. The van der Waals surface area contributed by atoms with Crippen LogP contribution in [0.5, 0.6) is 0 Å². The second-order valence-electron chi connectivity index (χ2n) is 7.70. The van der Waals surface area contributed by atoms with Gasteiger partial charge < -0.3 is 15.1 Å². The lowest BCUT2D eigenvalue weighted by atomic mass is 9.75. The lowest BCUT2D eigenvalue weighted by Crippen LogP contribution is -2.56. The molecule has 0 unspecified atom stereocenters. The number of anilines is 1. The highest BCUT2D eigenvalue weighted by Crippen LogP contribution is 2.44. The Morgan fingerprint density at radius 3 is 2.61 bits per heavy atom. The van der Waals surface area contributed by atoms with Gasteiger partial charge in [0.25, 0.3) is 5.91 Å². The van der Waals surface area contributed by atoms with Gasteiger partial charge in [-0.15, -0.1) is 0 Å². The monoisotopic (exact) mass is 379 g/mol. The van der Waals surface area contributed by atoms with Gasteiger partial charge >= 0.3 is 0 Å². The highest BCUT2D eigenvalue weighted by molar-refractivity contribution is 5.92. The lowest BCUT2D eigenvalue weighted by Gasteiger charge is -2.42. The molecule has 0 radical (unpaired) electrons. The Labute approximate surface area is 162 Å². The zero-order valence-electron chi connectivity index (χ0n) is 15.4. The maximum Gasteiger partial charge on any atom is 0.272 e. The minimum atomic E-state index is -0.256. The molecule has 3 saturated heterocycles. The van der Waals surface area contributed by atoms with Crippen molar-refractivity contribution in [2.45, 2.75) is 18.4 Å². The number of piperidine rings is 1. The van der Waals surface area contributed by atoms with Crippen LogP contribution in [-0.2, 0) is 4.79 Å². The number of aromatic nitrogens is 4. The predicted molar refractivity (Wildman–Crippen MR) is 99.3 cm³/mol. The molecule has 144 valence electrons. The molecule has 9 nitrogen and oxygen atoms in total. The summed E-state index contributed by atoms with van der Waals surface area (Å²) in [5.41, 5.74) is 0.154. The first-order chi connectivity index (χ1) is 13.7. The molecule has 2 amide bonds. The summed E-state index contributed by atoms with van der Waals surface area (Å²) in [5.74, 6) is 0.868. The summed E-state index contributed by atoms with van der Waals surface area (Å²) in [6.45, 7) is 2.61. The van der Waals surface area contributed by atoms with Crippen molar-refractivity contribution in [1.29, 1.82) is 0 Å². The third-order valence-electron chi connectivity index (χ3n) is 6.32. The SMILES string of the molecule is O=C1NC2(CCN(C(=O)c3ccncn3)CC2)[C@@H]2CN(c3ncccn3)C[C@H]12. The van der Waals surface area contributed by atoms with Crippen LogP contribution in [0, 0.1) is 11.8 Å². The summed E-state index contributed by atoms with van der Waals surface area (Å²) in [6.07, 6.45) is 7.92. The molecule has 5 rings (SSSR count). The highest BCUT2D eigenvalue weighted by Gasteiger charge is 2.57. The minimum absolute atomic E-state index is 0.0482. The first kappa shape index (κ1) is 17.0. The standard InChI is InChI=1S/C19H21N7O2/c27-16-13-10-26(18-21-5-1-6-22-18)11-14(13)19(24-16)3-8-25(9-4-19)17(28)15-2-7-20-12-23-15/h1-2,5-7,12-14H,3-4,8-11H2,(H,24,27)/t13-,14+/m0/s1. The molecule has 2 atom stereocenters. The van der Waals surface area contributed by atoms with Gasteiger partial charge in [0.05, 0.1) is 5.92 Å². The number of hydrogen-bond acceptors (Lipinski definition) is 7. The van der Waals surface area contributed by atoms with E-state index in [0.717, 1.165) is 19.4 Å². The van der Waals surface area contributed by atoms with Gasteiger partial charge in [-0.25, -0.2) is 19.9 Å². The van der Waals surface area contributed by atoms with Crippen molar-refractivity contribution < 1.29 is 9.59 Å². The molecular weight excluding hydrogens is 358 g/mol. The van der Waals surface area contributed by atoms with E-state index in [1.165, 1.54) is 6.33 Å². The first-order valence-corrected chi connectivity index (χ1v) is 9.56. The van der Waals surface area contributed by atoms with Crippen molar-refractivity contribution in [3.63, 3.8) is 0 Å². The molecule has 3 fully saturated rings. The van der Waals surface area contributed by atoms with Crippen molar-refractivity contribution in [3.05, 3.63) is 42.7 Å². The molecule has 2 aromatic heterocycles. The maximum atomic E-state index is 12.7. The molecule has 1 spiro atoms. The van der Waals surface area contributed by atoms with Crippen molar-refractivity contribution in [3.8, 4) is 0 Å². The van der Waals surface area contributed by atoms with Crippen molar-refractivity contribution >= 4 is 17.8 Å². The van der Waals surface area contributed by atoms with Gasteiger partial charge in [-0.3, -0.25) is 9.59 Å². The van der Waals surface area contributed by atoms with Crippen LogP contribution in [-0.4, -0.2) is 68.4 Å². The number of amides is 2. The van der Waals surface area contributed by atoms with E-state index in [4.69, 9.17) is 0 Å². The van der Waals surface area contributed by atoms with Crippen LogP contribution in [0.25, 0.3) is 0 Å². The molecule has 3 aliphatic heterocycles. The van der Waals surface area contributed by atoms with Crippen molar-refractivity contribution in [2.75, 3.05) is 31.1 Å². The molecule has 1 N–H and O–H groups in total. The fraction of sp³-hybridized carbons (Fsp3) is 0.474. The number of nitrogens with zero attached hydrogens (tertiary/aromatic N) is 6. The molecular formula is C19H21N7O2. The van der Waals surface area contributed by atoms with Gasteiger partial charge in [0.15, 0.2) is 0 Å². The topological polar surface area (TPSA) is 104 Å². The van der Waals surface area contributed by atoms with Crippen LogP contribution in [0.2, 0.25) is 0 Å². The third kappa shape index (κ3) is 2.69. The zero-order chi connectivity index (χ0) is 19.1. The minimum Gasteiger partial charge on any atom is -0.350 e. The largest absolute Gasteiger partial charge is 0.350 e. The average molecular weight is 379 g/mol. The van der Waals surface area contributed by atoms with Crippen LogP contribution in [0.3, 0.4) is 0 Å². The summed E-state index contributed by atoms with van der Waals surface area (Å²) in [7, 11) is 0. The molecule has 0 aliphatic carbocycles. The Hall–Kier alpha value is -3.10. The number of carbonyl (C=O) groups excluding carboxylic acids is 2. The van der Waals surface area contributed by atoms with Gasteiger partial charge in [-0.2, -0.15) is 0 Å². The fourth-order valence-electron chi connectivity index (χ4n) is 4.86. The van der Waals surface area contributed by atoms with Gasteiger partial charge in [-0.05, 0) is 25.0 Å². The van der Waals surface area contributed by atoms with Gasteiger partial charge in [0.1, 0.15) is 12.0 Å². The quantitative estimate of drug-likeness (QED) is 0.790. The first-order valence-electron chi connectivity index (χ1n) is 9.56. The number of likely N-dealkylation sites (tertiary alicyclic amines) is 1. The number of hydrogen-bond donors (Lipinski definition) is 1. The second kappa shape index (κ2) is 6.50. The van der Waals surface area contributed by atoms with Crippen LogP contribution in [0.4, 0.5) is 5.95 Å². The number of nitrogens with one attached hydrogen (secondary N) is 1. The smallest absolute Gasteiger partial charge is 0.272 e. The Morgan fingerprint density at radius 1 is 1.11 bits per heavy atom. The van der Waals surface area contributed by atoms with E-state index in [2.05, 4.69) is 30.2 Å². The average Bonchev–Trinajstić information content (AvgIpc) is 3.30. The zero-order valence-corrected chi connectivity index (χ0v) is 15.4. The lowest BCUT2D eigenvalue weighted by molar-refractivity contribution is -0.122. The molecule has 0 saturated carbocycles. The Bertz CT molecular complexity index is 884. The number of carbonyl (C=O) groups is 2. The summed E-state index contributed by atoms with van der Waals surface area (Å²) < 4.78 is 0. The summed E-state index contributed by atoms with van der Waals surface area (Å²) >= 11 is 0. The third-order valence-corrected chi connectivity index (χ3v) is 6.32.